The van der Waals surface area contributed by atoms with Gasteiger partial charge in [-0.05, 0) is 42.5 Å². The van der Waals surface area contributed by atoms with Gasteiger partial charge in [0.05, 0.1) is 12.1 Å². The summed E-state index contributed by atoms with van der Waals surface area (Å²) in [6.07, 6.45) is -4.47. The quantitative estimate of drug-likeness (QED) is 0.753. The summed E-state index contributed by atoms with van der Waals surface area (Å²) in [7, 11) is 0. The second kappa shape index (κ2) is 7.82. The first-order valence-corrected chi connectivity index (χ1v) is 7.00. The van der Waals surface area contributed by atoms with Gasteiger partial charge in [-0.15, -0.1) is 0 Å². The Labute approximate surface area is 139 Å². The average molecular weight is 360 g/mol. The van der Waals surface area contributed by atoms with Crippen LogP contribution in [0.2, 0.25) is 0 Å². The molecule has 0 spiro atoms. The van der Waals surface area contributed by atoms with Crippen LogP contribution < -0.4 is 15.4 Å². The molecule has 0 unspecified atom stereocenters. The van der Waals surface area contributed by atoms with Crippen LogP contribution in [0.3, 0.4) is 0 Å². The van der Waals surface area contributed by atoms with Gasteiger partial charge in [0.1, 0.15) is 5.75 Å². The number of benzene rings is 2. The van der Waals surface area contributed by atoms with E-state index >= 15 is 0 Å². The highest BCUT2D eigenvalue weighted by Crippen LogP contribution is 2.30. The lowest BCUT2D eigenvalue weighted by atomic mass is 10.2. The number of alkyl halides is 5. The van der Waals surface area contributed by atoms with Gasteiger partial charge in [-0.3, -0.25) is 4.79 Å². The third-order valence-electron chi connectivity index (χ3n) is 3.01. The second-order valence-electron chi connectivity index (χ2n) is 4.88. The molecule has 9 heteroatoms. The van der Waals surface area contributed by atoms with E-state index in [0.29, 0.717) is 5.69 Å². The molecule has 0 bridgehead atoms. The molecule has 134 valence electrons. The van der Waals surface area contributed by atoms with Crippen molar-refractivity contribution >= 4 is 17.3 Å². The smallest absolute Gasteiger partial charge is 0.416 e. The van der Waals surface area contributed by atoms with E-state index in [-0.39, 0.29) is 18.0 Å². The molecule has 2 aromatic rings. The van der Waals surface area contributed by atoms with Crippen LogP contribution in [0.25, 0.3) is 0 Å². The fourth-order valence-electron chi connectivity index (χ4n) is 1.91. The molecule has 0 aliphatic rings. The van der Waals surface area contributed by atoms with Gasteiger partial charge in [0.15, 0.2) is 0 Å². The topological polar surface area (TPSA) is 50.4 Å². The molecule has 4 nitrogen and oxygen atoms in total. The van der Waals surface area contributed by atoms with Crippen LogP contribution in [0.4, 0.5) is 33.3 Å². The SMILES string of the molecule is O=C(CNc1cccc(C(F)(F)F)c1)Nc1ccc(OC(F)F)cc1. The fourth-order valence-corrected chi connectivity index (χ4v) is 1.91. The summed E-state index contributed by atoms with van der Waals surface area (Å²) in [5.41, 5.74) is -0.351. The monoisotopic (exact) mass is 360 g/mol. The molecule has 2 rings (SSSR count). The number of hydrogen-bond donors (Lipinski definition) is 2. The van der Waals surface area contributed by atoms with Crippen LogP contribution in [-0.4, -0.2) is 19.1 Å². The minimum absolute atomic E-state index is 0.0601. The summed E-state index contributed by atoms with van der Waals surface area (Å²) >= 11 is 0. The highest BCUT2D eigenvalue weighted by molar-refractivity contribution is 5.93. The van der Waals surface area contributed by atoms with Gasteiger partial charge in [-0.2, -0.15) is 22.0 Å². The van der Waals surface area contributed by atoms with E-state index in [0.717, 1.165) is 12.1 Å². The Hall–Kier alpha value is -2.84. The number of hydrogen-bond acceptors (Lipinski definition) is 3. The zero-order valence-electron chi connectivity index (χ0n) is 12.6. The first kappa shape index (κ1) is 18.5. The standard InChI is InChI=1S/C16H13F5N2O2/c17-15(18)25-13-6-4-11(5-7-13)23-14(24)9-22-12-3-1-2-10(8-12)16(19,20)21/h1-8,15,22H,9H2,(H,23,24). The summed E-state index contributed by atoms with van der Waals surface area (Å²) in [5.74, 6) is -0.574. The van der Waals surface area contributed by atoms with Gasteiger partial charge in [-0.25, -0.2) is 0 Å². The first-order valence-electron chi connectivity index (χ1n) is 7.00. The molecule has 2 N–H and O–H groups in total. The molecule has 0 aromatic heterocycles. The van der Waals surface area contributed by atoms with Crippen molar-refractivity contribution in [2.75, 3.05) is 17.2 Å². The van der Waals surface area contributed by atoms with Crippen molar-refractivity contribution in [3.63, 3.8) is 0 Å². The number of halogens is 5. The highest BCUT2D eigenvalue weighted by atomic mass is 19.4. The molecule has 0 aliphatic heterocycles. The molecule has 0 saturated carbocycles. The van der Waals surface area contributed by atoms with Crippen LogP contribution in [0, 0.1) is 0 Å². The van der Waals surface area contributed by atoms with E-state index in [9.17, 15) is 26.7 Å². The maximum atomic E-state index is 12.6. The van der Waals surface area contributed by atoms with Gasteiger partial charge in [0.25, 0.3) is 0 Å². The predicted octanol–water partition coefficient (Wildman–Crippen LogP) is 4.36. The zero-order valence-corrected chi connectivity index (χ0v) is 12.6. The number of rotatable bonds is 6. The van der Waals surface area contributed by atoms with Gasteiger partial charge < -0.3 is 15.4 Å². The molecule has 25 heavy (non-hydrogen) atoms. The van der Waals surface area contributed by atoms with E-state index in [1.54, 1.807) is 0 Å². The van der Waals surface area contributed by atoms with Crippen molar-refractivity contribution in [3.8, 4) is 5.75 Å². The van der Waals surface area contributed by atoms with E-state index < -0.39 is 24.3 Å². The number of anilines is 2. The van der Waals surface area contributed by atoms with Crippen LogP contribution in [0.5, 0.6) is 5.75 Å². The molecular formula is C16H13F5N2O2. The summed E-state index contributed by atoms with van der Waals surface area (Å²) in [4.78, 5) is 11.8. The van der Waals surface area contributed by atoms with Crippen LogP contribution in [0.1, 0.15) is 5.56 Å². The summed E-state index contributed by atoms with van der Waals surface area (Å²) in [6.45, 7) is -3.21. The van der Waals surface area contributed by atoms with E-state index in [4.69, 9.17) is 0 Å². The zero-order chi connectivity index (χ0) is 18.4. The third-order valence-corrected chi connectivity index (χ3v) is 3.01. The lowest BCUT2D eigenvalue weighted by molar-refractivity contribution is -0.137. The molecule has 0 fully saturated rings. The minimum atomic E-state index is -4.47. The maximum absolute atomic E-state index is 12.6. The van der Waals surface area contributed by atoms with Crippen molar-refractivity contribution in [2.45, 2.75) is 12.8 Å². The fraction of sp³-hybridized carbons (Fsp3) is 0.188. The van der Waals surface area contributed by atoms with Crippen LogP contribution in [-0.2, 0) is 11.0 Å². The third kappa shape index (κ3) is 5.94. The van der Waals surface area contributed by atoms with E-state index in [1.165, 1.54) is 36.4 Å². The Morgan fingerprint density at radius 3 is 2.32 bits per heavy atom. The summed E-state index contributed by atoms with van der Waals surface area (Å²) in [6, 6.07) is 9.67. The van der Waals surface area contributed by atoms with Crippen LogP contribution in [0.15, 0.2) is 48.5 Å². The predicted molar refractivity (Wildman–Crippen MR) is 81.6 cm³/mol. The van der Waals surface area contributed by atoms with Crippen LogP contribution >= 0.6 is 0 Å². The molecule has 0 radical (unpaired) electrons. The van der Waals surface area contributed by atoms with Gasteiger partial charge in [0, 0.05) is 11.4 Å². The molecule has 0 heterocycles. The lowest BCUT2D eigenvalue weighted by Gasteiger charge is -2.11. The highest BCUT2D eigenvalue weighted by Gasteiger charge is 2.30. The molecule has 0 aliphatic carbocycles. The molecule has 0 atom stereocenters. The Bertz CT molecular complexity index is 717. The van der Waals surface area contributed by atoms with Gasteiger partial charge >= 0.3 is 12.8 Å². The molecule has 0 saturated heterocycles. The Morgan fingerprint density at radius 2 is 1.72 bits per heavy atom. The average Bonchev–Trinajstić information content (AvgIpc) is 2.54. The van der Waals surface area contributed by atoms with Gasteiger partial charge in [-0.1, -0.05) is 6.07 Å². The number of carbonyl (C=O) groups excluding carboxylic acids is 1. The Kier molecular flexibility index (Phi) is 5.79. The Morgan fingerprint density at radius 1 is 1.04 bits per heavy atom. The second-order valence-corrected chi connectivity index (χ2v) is 4.88. The number of amides is 1. The Balaban J connectivity index is 1.88. The van der Waals surface area contributed by atoms with E-state index in [2.05, 4.69) is 15.4 Å². The minimum Gasteiger partial charge on any atom is -0.435 e. The van der Waals surface area contributed by atoms with Crippen molar-refractivity contribution in [3.05, 3.63) is 54.1 Å². The first-order chi connectivity index (χ1) is 11.7. The van der Waals surface area contributed by atoms with Crippen molar-refractivity contribution in [1.82, 2.24) is 0 Å². The number of ether oxygens (including phenoxy) is 1. The number of nitrogens with one attached hydrogen (secondary N) is 2. The largest absolute Gasteiger partial charge is 0.435 e. The van der Waals surface area contributed by atoms with E-state index in [1.807, 2.05) is 0 Å². The van der Waals surface area contributed by atoms with Crippen molar-refractivity contribution < 1.29 is 31.5 Å². The molecular weight excluding hydrogens is 347 g/mol. The summed E-state index contributed by atoms with van der Waals surface area (Å²) in [5, 5.41) is 5.05. The lowest BCUT2D eigenvalue weighted by Crippen LogP contribution is -2.21. The normalized spacial score (nSPS) is 11.3. The van der Waals surface area contributed by atoms with Crippen molar-refractivity contribution in [2.24, 2.45) is 0 Å². The summed E-state index contributed by atoms with van der Waals surface area (Å²) < 4.78 is 66.0. The number of carbonyl (C=O) groups is 1. The molecule has 1 amide bonds. The molecule has 2 aromatic carbocycles. The van der Waals surface area contributed by atoms with Crippen molar-refractivity contribution in [1.29, 1.82) is 0 Å². The maximum Gasteiger partial charge on any atom is 0.416 e. The van der Waals surface area contributed by atoms with Gasteiger partial charge in [0.2, 0.25) is 5.91 Å².